The molecule has 0 unspecified atom stereocenters. The number of pyridine rings is 1. The van der Waals surface area contributed by atoms with Gasteiger partial charge in [-0.3, -0.25) is 9.59 Å². The number of carboxylic acid groups (broad SMARTS) is 1. The summed E-state index contributed by atoms with van der Waals surface area (Å²) in [4.78, 5) is 37.6. The molecule has 0 bridgehead atoms. The van der Waals surface area contributed by atoms with Gasteiger partial charge in [0.05, 0.1) is 0 Å². The molecule has 23 heavy (non-hydrogen) atoms. The molecule has 1 aromatic carbocycles. The lowest BCUT2D eigenvalue weighted by atomic mass is 10.0. The first kappa shape index (κ1) is 16.9. The van der Waals surface area contributed by atoms with Crippen molar-refractivity contribution < 1.29 is 14.7 Å². The smallest absolute Gasteiger partial charge is 0.352 e. The van der Waals surface area contributed by atoms with Crippen molar-refractivity contribution in [1.29, 1.82) is 0 Å². The van der Waals surface area contributed by atoms with Crippen molar-refractivity contribution in [1.82, 2.24) is 4.98 Å². The predicted octanol–water partition coefficient (Wildman–Crippen LogP) is 1.86. The van der Waals surface area contributed by atoms with E-state index < -0.39 is 5.97 Å². The fraction of sp³-hybridized carbons (Fsp3) is 0.353. The topological polar surface area (TPSA) is 113 Å². The van der Waals surface area contributed by atoms with Gasteiger partial charge in [0.2, 0.25) is 0 Å². The number of H-pyrrole nitrogens is 1. The zero-order valence-electron chi connectivity index (χ0n) is 12.8. The number of carbonyl (C=O) groups excluding carboxylic acids is 1. The quantitative estimate of drug-likeness (QED) is 0.643. The standard InChI is InChI=1S/C17H20N2O4/c18-7-3-1-2-4-12(20)8-11-5-6-14-13(9-11)16(21)10-15(19-14)17(22)23/h5-6,9-10H,1-4,7-8,18H2,(H,19,21)(H,22,23). The number of hydrogen-bond donors (Lipinski definition) is 3. The molecule has 6 nitrogen and oxygen atoms in total. The number of carboxylic acids is 1. The number of benzene rings is 1. The summed E-state index contributed by atoms with van der Waals surface area (Å²) in [6.07, 6.45) is 3.47. The van der Waals surface area contributed by atoms with Crippen molar-refractivity contribution >= 4 is 22.7 Å². The SMILES string of the molecule is NCCCCCC(=O)Cc1ccc2[nH]c(C(=O)O)cc(=O)c2c1. The van der Waals surface area contributed by atoms with Gasteiger partial charge in [0.15, 0.2) is 5.43 Å². The summed E-state index contributed by atoms with van der Waals surface area (Å²) in [5.74, 6) is -1.05. The van der Waals surface area contributed by atoms with Gasteiger partial charge in [0, 0.05) is 29.8 Å². The molecule has 1 heterocycles. The zero-order chi connectivity index (χ0) is 16.8. The van der Waals surface area contributed by atoms with Gasteiger partial charge in [0.1, 0.15) is 11.5 Å². The van der Waals surface area contributed by atoms with Crippen molar-refractivity contribution in [3.8, 4) is 0 Å². The second kappa shape index (κ2) is 7.69. The van der Waals surface area contributed by atoms with Crippen molar-refractivity contribution in [2.75, 3.05) is 6.54 Å². The maximum Gasteiger partial charge on any atom is 0.352 e. The Bertz CT molecular complexity index is 780. The molecule has 0 aliphatic heterocycles. The highest BCUT2D eigenvalue weighted by molar-refractivity contribution is 5.90. The molecule has 2 aromatic rings. The van der Waals surface area contributed by atoms with Gasteiger partial charge >= 0.3 is 5.97 Å². The van der Waals surface area contributed by atoms with Crippen molar-refractivity contribution in [3.63, 3.8) is 0 Å². The fourth-order valence-electron chi connectivity index (χ4n) is 2.48. The van der Waals surface area contributed by atoms with Crippen molar-refractivity contribution in [2.45, 2.75) is 32.1 Å². The van der Waals surface area contributed by atoms with Gasteiger partial charge in [-0.25, -0.2) is 4.79 Å². The molecule has 0 saturated carbocycles. The van der Waals surface area contributed by atoms with E-state index in [1.165, 1.54) is 0 Å². The summed E-state index contributed by atoms with van der Waals surface area (Å²) in [7, 11) is 0. The summed E-state index contributed by atoms with van der Waals surface area (Å²) in [5, 5.41) is 9.33. The third-order valence-corrected chi connectivity index (χ3v) is 3.69. The molecule has 0 radical (unpaired) electrons. The number of nitrogens with two attached hydrogens (primary N) is 1. The van der Waals surface area contributed by atoms with Crippen LogP contribution in [0.5, 0.6) is 0 Å². The van der Waals surface area contributed by atoms with Crippen LogP contribution < -0.4 is 11.2 Å². The number of aromatic carboxylic acids is 1. The van der Waals surface area contributed by atoms with Crippen LogP contribution >= 0.6 is 0 Å². The lowest BCUT2D eigenvalue weighted by molar-refractivity contribution is -0.118. The summed E-state index contributed by atoms with van der Waals surface area (Å²) in [5.41, 5.74) is 6.11. The number of unbranched alkanes of at least 4 members (excludes halogenated alkanes) is 2. The fourth-order valence-corrected chi connectivity index (χ4v) is 2.48. The third-order valence-electron chi connectivity index (χ3n) is 3.69. The molecular weight excluding hydrogens is 296 g/mol. The van der Waals surface area contributed by atoms with Crippen LogP contribution in [0.4, 0.5) is 0 Å². The molecule has 0 aliphatic rings. The monoisotopic (exact) mass is 316 g/mol. The molecule has 0 aliphatic carbocycles. The Hall–Kier alpha value is -2.47. The Morgan fingerprint density at radius 2 is 1.91 bits per heavy atom. The first-order valence-corrected chi connectivity index (χ1v) is 7.62. The molecule has 122 valence electrons. The van der Waals surface area contributed by atoms with Crippen LogP contribution in [-0.4, -0.2) is 28.4 Å². The Morgan fingerprint density at radius 3 is 2.61 bits per heavy atom. The predicted molar refractivity (Wildman–Crippen MR) is 87.8 cm³/mol. The van der Waals surface area contributed by atoms with E-state index in [2.05, 4.69) is 4.98 Å². The molecule has 0 fully saturated rings. The van der Waals surface area contributed by atoms with Crippen molar-refractivity contribution in [2.24, 2.45) is 5.73 Å². The van der Waals surface area contributed by atoms with Gasteiger partial charge in [-0.05, 0) is 37.1 Å². The minimum absolute atomic E-state index is 0.125. The number of aromatic amines is 1. The number of Topliss-reactive ketones (excluding diaryl/α,β-unsaturated/α-hetero) is 1. The van der Waals surface area contributed by atoms with E-state index in [4.69, 9.17) is 10.8 Å². The molecule has 0 saturated heterocycles. The lowest BCUT2D eigenvalue weighted by Crippen LogP contribution is -2.10. The summed E-state index contributed by atoms with van der Waals surface area (Å²) < 4.78 is 0. The first-order chi connectivity index (χ1) is 11.0. The number of carbonyl (C=O) groups is 2. The Kier molecular flexibility index (Phi) is 5.65. The van der Waals surface area contributed by atoms with E-state index in [1.54, 1.807) is 18.2 Å². The van der Waals surface area contributed by atoms with Crippen LogP contribution in [0, 0.1) is 0 Å². The van der Waals surface area contributed by atoms with Crippen LogP contribution in [0.2, 0.25) is 0 Å². The molecule has 2 rings (SSSR count). The normalized spacial score (nSPS) is 10.8. The average Bonchev–Trinajstić information content (AvgIpc) is 2.52. The van der Waals surface area contributed by atoms with Crippen molar-refractivity contribution in [3.05, 3.63) is 45.7 Å². The number of rotatable bonds is 8. The minimum atomic E-state index is -1.18. The Labute approximate surface area is 133 Å². The number of nitrogens with one attached hydrogen (secondary N) is 1. The number of fused-ring (bicyclic) bond motifs is 1. The number of hydrogen-bond acceptors (Lipinski definition) is 4. The maximum atomic E-state index is 12.0. The van der Waals surface area contributed by atoms with E-state index in [9.17, 15) is 14.4 Å². The second-order valence-corrected chi connectivity index (χ2v) is 5.55. The molecule has 0 amide bonds. The lowest BCUT2D eigenvalue weighted by Gasteiger charge is -2.05. The van der Waals surface area contributed by atoms with Gasteiger partial charge in [-0.15, -0.1) is 0 Å². The molecule has 0 spiro atoms. The Balaban J connectivity index is 2.13. The van der Waals surface area contributed by atoms with E-state index in [1.807, 2.05) is 0 Å². The van der Waals surface area contributed by atoms with Crippen LogP contribution in [0.15, 0.2) is 29.1 Å². The van der Waals surface area contributed by atoms with Gasteiger partial charge in [-0.2, -0.15) is 0 Å². The molecule has 4 N–H and O–H groups in total. The van der Waals surface area contributed by atoms with Crippen LogP contribution in [0.25, 0.3) is 10.9 Å². The highest BCUT2D eigenvalue weighted by Crippen LogP contribution is 2.13. The van der Waals surface area contributed by atoms with E-state index >= 15 is 0 Å². The van der Waals surface area contributed by atoms with E-state index in [0.717, 1.165) is 30.9 Å². The zero-order valence-corrected chi connectivity index (χ0v) is 12.8. The van der Waals surface area contributed by atoms with Gasteiger partial charge in [-0.1, -0.05) is 12.5 Å². The van der Waals surface area contributed by atoms with Gasteiger partial charge in [0.25, 0.3) is 0 Å². The van der Waals surface area contributed by atoms with Crippen LogP contribution in [-0.2, 0) is 11.2 Å². The summed E-state index contributed by atoms with van der Waals surface area (Å²) in [6, 6.07) is 6.09. The molecule has 6 heteroatoms. The summed E-state index contributed by atoms with van der Waals surface area (Å²) in [6.45, 7) is 0.639. The van der Waals surface area contributed by atoms with E-state index in [0.29, 0.717) is 23.9 Å². The maximum absolute atomic E-state index is 12.0. The molecular formula is C17H20N2O4. The first-order valence-electron chi connectivity index (χ1n) is 7.62. The Morgan fingerprint density at radius 1 is 1.13 bits per heavy atom. The third kappa shape index (κ3) is 4.50. The largest absolute Gasteiger partial charge is 0.477 e. The molecule has 0 atom stereocenters. The van der Waals surface area contributed by atoms with Gasteiger partial charge < -0.3 is 15.8 Å². The van der Waals surface area contributed by atoms with Crippen LogP contribution in [0.1, 0.15) is 41.7 Å². The molecule has 1 aromatic heterocycles. The number of aromatic nitrogens is 1. The highest BCUT2D eigenvalue weighted by atomic mass is 16.4. The van der Waals surface area contributed by atoms with Crippen LogP contribution in [0.3, 0.4) is 0 Å². The average molecular weight is 316 g/mol. The minimum Gasteiger partial charge on any atom is -0.477 e. The second-order valence-electron chi connectivity index (χ2n) is 5.55. The number of ketones is 1. The highest BCUT2D eigenvalue weighted by Gasteiger charge is 2.10. The summed E-state index contributed by atoms with van der Waals surface area (Å²) >= 11 is 0. The van der Waals surface area contributed by atoms with E-state index in [-0.39, 0.29) is 23.3 Å².